The van der Waals surface area contributed by atoms with Gasteiger partial charge < -0.3 is 21.4 Å². The van der Waals surface area contributed by atoms with Gasteiger partial charge in [-0.05, 0) is 0 Å². The molecular formula is C4H6Mt2N2O2-4. The Kier molecular flexibility index (Phi) is 158. The molecule has 0 aliphatic carbocycles. The first kappa shape index (κ1) is 10.1. The maximum Gasteiger partial charge on any atom is 0.0347 e. The van der Waals surface area contributed by atoms with E-state index in [9.17, 15) is 0 Å². The molecule has 0 saturated carbocycles. The average molecular weight is 674 g/mol. The van der Waals surface area contributed by atoms with Crippen LogP contribution < -0.4 is 10.2 Å². The van der Waals surface area contributed by atoms with Crippen molar-refractivity contribution in [1.82, 2.24) is 0 Å². The minimum absolute atomic E-state index is 0. The van der Waals surface area contributed by atoms with Crippen LogP contribution in [0.2, 0.25) is 0 Å². The number of rotatable bonds is 1. The summed E-state index contributed by atoms with van der Waals surface area (Å²) in [6.45, 7) is -0.806. The van der Waals surface area contributed by atoms with Crippen LogP contribution in [-0.4, -0.2) is 12.8 Å². The SMILES string of the molecule is [3H]C(=[N-])C[O-].[3H]C([NH-])=C[O-].[Mt].[Mt]. The average Bonchev–Trinajstić information content (AvgIpc) is 1.89. The summed E-state index contributed by atoms with van der Waals surface area (Å²) in [7, 11) is 0. The maximum absolute atomic E-state index is 9.16. The monoisotopic (exact) mass is 674 g/mol. The second-order valence-electron chi connectivity index (χ2n) is 0.565. The topological polar surface area (TPSA) is 92.2 Å². The second kappa shape index (κ2) is 157. The molecule has 0 aromatic heterocycles. The molecule has 0 bridgehead atoms. The standard InChI is InChI=1S/C2H4NO.C2H3NO.2Mt/c2*3-1-2-4;;/h1-4H;1H,2H2;;/q-1;-2;;/p-1/i2*1T;;. The van der Waals surface area contributed by atoms with Crippen molar-refractivity contribution in [2.45, 2.75) is 0 Å². The first-order valence-electron chi connectivity index (χ1n) is 2.64. The third-order valence-corrected chi connectivity index (χ3v) is 0.123. The number of nitrogens with zero attached hydrogens (tertiary/aromatic N) is 1. The van der Waals surface area contributed by atoms with E-state index in [1.807, 2.05) is 0 Å². The van der Waals surface area contributed by atoms with Gasteiger partial charge in [-0.15, -0.1) is 6.61 Å². The minimum Gasteiger partial charge on any atom is -0.879 e. The van der Waals surface area contributed by atoms with E-state index in [4.69, 9.17) is 24.1 Å². The molecular weight excluding hydrogens is 664 g/mol. The molecule has 6 heteroatoms. The third-order valence-electron chi connectivity index (χ3n) is 0.123. The fraction of sp³-hybridized carbons (Fsp3) is 0.250. The van der Waals surface area contributed by atoms with Crippen LogP contribution in [-0.2, 0) is 0 Å². The van der Waals surface area contributed by atoms with E-state index in [-0.39, 0.29) is 6.26 Å². The summed E-state index contributed by atoms with van der Waals surface area (Å²) in [6, 6.07) is 0. The van der Waals surface area contributed by atoms with Gasteiger partial charge in [-0.25, -0.2) is 6.19 Å². The van der Waals surface area contributed by atoms with Crippen molar-refractivity contribution in [2.24, 2.45) is 0 Å². The zero-order valence-corrected chi connectivity index (χ0v) is 18.6. The van der Waals surface area contributed by atoms with Crippen molar-refractivity contribution in [3.8, 4) is 0 Å². The summed E-state index contributed by atoms with van der Waals surface area (Å²) in [5.41, 5.74) is 6.04. The van der Waals surface area contributed by atoms with E-state index in [0.29, 0.717) is 0 Å². The van der Waals surface area contributed by atoms with Crippen molar-refractivity contribution in [1.29, 1.82) is 0 Å². The molecule has 0 aromatic carbocycles. The Hall–Kier alpha value is -3.03. The van der Waals surface area contributed by atoms with E-state index in [1.54, 1.807) is 0 Å². The normalized spacial score (nSPS) is 9.90. The molecule has 0 unspecified atom stereocenters. The predicted molar refractivity (Wildman–Crippen MR) is 27.8 cm³/mol. The van der Waals surface area contributed by atoms with Crippen molar-refractivity contribution in [2.75, 3.05) is 6.61 Å². The molecule has 0 atom stereocenters. The first-order valence-corrected chi connectivity index (χ1v) is 1.64. The molecule has 0 saturated heterocycles. The smallest absolute Gasteiger partial charge is 0.0347 e. The van der Waals surface area contributed by atoms with Crippen molar-refractivity contribution in [3.05, 3.63) is 23.6 Å². The Morgan fingerprint density at radius 3 is 1.80 bits per heavy atom. The summed E-state index contributed by atoms with van der Waals surface area (Å²) in [5.74, 6) is 0. The number of hydrogen-bond acceptors (Lipinski definition) is 2. The van der Waals surface area contributed by atoms with Crippen LogP contribution >= 0.6 is 0 Å². The largest absolute Gasteiger partial charge is 0.879 e. The van der Waals surface area contributed by atoms with E-state index in [2.05, 4.69) is 0 Å². The predicted octanol–water partition coefficient (Wildman–Crippen LogP) is -1.14. The van der Waals surface area contributed by atoms with E-state index in [0.717, 1.165) is 0 Å². The Morgan fingerprint density at radius 1 is 1.60 bits per heavy atom. The fourth-order valence-corrected chi connectivity index (χ4v) is 0. The van der Waals surface area contributed by atoms with Gasteiger partial charge in [0.15, 0.2) is 0 Å². The van der Waals surface area contributed by atoms with Crippen LogP contribution in [0.5, 0.6) is 0 Å². The molecule has 0 rings (SSSR count). The van der Waals surface area contributed by atoms with Gasteiger partial charge in [0.05, 0.1) is 0 Å². The molecule has 1 N–H and O–H groups in total. The number of hydrogen-bond donors (Lipinski definition) is 0. The fourth-order valence-electron chi connectivity index (χ4n) is 0. The zero-order valence-electron chi connectivity index (χ0n) is 7.46. The van der Waals surface area contributed by atoms with Gasteiger partial charge in [0, 0.05) is 2.74 Å². The summed E-state index contributed by atoms with van der Waals surface area (Å²) in [4.78, 5) is 0. The minimum atomic E-state index is -0.806. The quantitative estimate of drug-likeness (QED) is 0.260. The van der Waals surface area contributed by atoms with Gasteiger partial charge in [0.2, 0.25) is 0 Å². The molecule has 0 aliphatic heterocycles. The molecule has 0 radical (unpaired) electrons. The van der Waals surface area contributed by atoms with Gasteiger partial charge in [-0.1, -0.05) is 0 Å². The Morgan fingerprint density at radius 2 is 1.80 bits per heavy atom. The third kappa shape index (κ3) is 73.8. The summed E-state index contributed by atoms with van der Waals surface area (Å²) < 4.78 is 12.0. The molecule has 0 fully saturated rings. The Balaban J connectivity index is -0.0000000457. The van der Waals surface area contributed by atoms with Gasteiger partial charge >= 0.3 is 0 Å². The van der Waals surface area contributed by atoms with Crippen LogP contribution in [0.3, 0.4) is 0 Å². The molecule has 52 valence electrons. The van der Waals surface area contributed by atoms with Crippen LogP contribution in [0.1, 0.15) is 2.74 Å². The van der Waals surface area contributed by atoms with Crippen molar-refractivity contribution in [3.63, 3.8) is 0 Å². The summed E-state index contributed by atoms with van der Waals surface area (Å²) in [5, 5.41) is 25.9. The van der Waals surface area contributed by atoms with Crippen LogP contribution in [0.4, 0.5) is 0 Å². The molecule has 0 amide bonds. The van der Waals surface area contributed by atoms with Crippen LogP contribution in [0.15, 0.2) is 12.4 Å². The summed E-state index contributed by atoms with van der Waals surface area (Å²) in [6.07, 6.45) is -1.31. The van der Waals surface area contributed by atoms with E-state index >= 15 is 0 Å². The van der Waals surface area contributed by atoms with Crippen LogP contribution in [0, 0.1) is 0 Å². The van der Waals surface area contributed by atoms with E-state index < -0.39 is 19.0 Å². The van der Waals surface area contributed by atoms with Gasteiger partial charge in [0.1, 0.15) is 0 Å². The van der Waals surface area contributed by atoms with Crippen molar-refractivity contribution >= 4 is 6.19 Å². The van der Waals surface area contributed by atoms with Crippen molar-refractivity contribution < 1.29 is 13.0 Å². The zero-order chi connectivity index (χ0) is 8.57. The number of nitrogens with one attached hydrogen (secondary N) is 1. The molecule has 4 nitrogen and oxygen atoms in total. The van der Waals surface area contributed by atoms with Gasteiger partial charge in [-0.3, -0.25) is 0 Å². The van der Waals surface area contributed by atoms with Crippen LogP contribution in [0.25, 0.3) is 11.1 Å². The molecule has 0 spiro atoms. The first-order chi connectivity index (χ1) is 4.54. The molecule has 0 aliphatic rings. The Labute approximate surface area is 50.6 Å². The second-order valence-corrected chi connectivity index (χ2v) is 0.565. The summed E-state index contributed by atoms with van der Waals surface area (Å²) >= 11 is 0. The molecule has 10 heavy (non-hydrogen) atoms. The van der Waals surface area contributed by atoms with Gasteiger partial charge in [0.25, 0.3) is 0 Å². The molecule has 0 aromatic rings. The van der Waals surface area contributed by atoms with Gasteiger partial charge in [-0.2, -0.15) is 12.4 Å². The molecule has 0 heterocycles. The van der Waals surface area contributed by atoms with E-state index in [1.165, 1.54) is 0 Å². The Bertz CT molecular complexity index is 130. The maximum atomic E-state index is 9.16.